The number of rotatable bonds is 2. The molecule has 1 aromatic heterocycles. The van der Waals surface area contributed by atoms with Gasteiger partial charge in [-0.05, 0) is 39.3 Å². The maximum absolute atomic E-state index is 12.0. The zero-order valence-corrected chi connectivity index (χ0v) is 12.2. The molecular formula is C15H22N2O3. The van der Waals surface area contributed by atoms with Crippen molar-refractivity contribution in [2.24, 2.45) is 5.92 Å². The number of pyridine rings is 1. The minimum atomic E-state index is -0.524. The number of aliphatic hydroxyl groups excluding tert-OH is 1. The van der Waals surface area contributed by atoms with Gasteiger partial charge in [0.1, 0.15) is 5.60 Å². The number of carbonyl (C=O) groups is 1. The molecule has 110 valence electrons. The van der Waals surface area contributed by atoms with Gasteiger partial charge < -0.3 is 14.7 Å². The standard InChI is InChI=1S/C15H22N2O3/c1-15(2,3)20-14(19)17-9-11(13(18)10-17)8-12-6-4-5-7-16-12/h4-7,11,13,18H,8-10H2,1-3H3/t11-,13-/m1/s1. The fourth-order valence-corrected chi connectivity index (χ4v) is 2.32. The lowest BCUT2D eigenvalue weighted by molar-refractivity contribution is 0.0269. The van der Waals surface area contributed by atoms with E-state index >= 15 is 0 Å². The Kier molecular flexibility index (Phi) is 4.28. The molecule has 1 aliphatic rings. The lowest BCUT2D eigenvalue weighted by atomic mass is 10.00. The largest absolute Gasteiger partial charge is 0.444 e. The highest BCUT2D eigenvalue weighted by atomic mass is 16.6. The van der Waals surface area contributed by atoms with Crippen LogP contribution in [0.15, 0.2) is 24.4 Å². The second-order valence-corrected chi connectivity index (χ2v) is 6.24. The van der Waals surface area contributed by atoms with E-state index in [1.165, 1.54) is 0 Å². The van der Waals surface area contributed by atoms with E-state index in [9.17, 15) is 9.90 Å². The third-order valence-corrected chi connectivity index (χ3v) is 3.26. The molecule has 0 radical (unpaired) electrons. The van der Waals surface area contributed by atoms with Gasteiger partial charge in [-0.1, -0.05) is 6.07 Å². The molecule has 1 N–H and O–H groups in total. The van der Waals surface area contributed by atoms with Crippen LogP contribution in [0.4, 0.5) is 4.79 Å². The van der Waals surface area contributed by atoms with E-state index in [4.69, 9.17) is 4.74 Å². The average Bonchev–Trinajstić information content (AvgIpc) is 2.70. The van der Waals surface area contributed by atoms with Crippen molar-refractivity contribution in [2.45, 2.75) is 38.9 Å². The topological polar surface area (TPSA) is 62.7 Å². The monoisotopic (exact) mass is 278 g/mol. The van der Waals surface area contributed by atoms with Gasteiger partial charge >= 0.3 is 6.09 Å². The Hall–Kier alpha value is -1.62. The summed E-state index contributed by atoms with van der Waals surface area (Å²) in [5, 5.41) is 10.1. The molecule has 20 heavy (non-hydrogen) atoms. The van der Waals surface area contributed by atoms with Crippen molar-refractivity contribution in [1.29, 1.82) is 0 Å². The molecule has 0 bridgehead atoms. The summed E-state index contributed by atoms with van der Waals surface area (Å²) in [5.74, 6) is 0.0115. The summed E-state index contributed by atoms with van der Waals surface area (Å²) in [6.07, 6.45) is 1.52. The van der Waals surface area contributed by atoms with Gasteiger partial charge in [0.25, 0.3) is 0 Å². The Morgan fingerprint density at radius 1 is 1.45 bits per heavy atom. The molecule has 0 unspecified atom stereocenters. The van der Waals surface area contributed by atoms with Crippen LogP contribution in [0.5, 0.6) is 0 Å². The van der Waals surface area contributed by atoms with Crippen molar-refractivity contribution in [2.75, 3.05) is 13.1 Å². The quantitative estimate of drug-likeness (QED) is 0.897. The van der Waals surface area contributed by atoms with Crippen LogP contribution in [-0.4, -0.2) is 45.9 Å². The van der Waals surface area contributed by atoms with Crippen LogP contribution in [0.3, 0.4) is 0 Å². The maximum atomic E-state index is 12.0. The Morgan fingerprint density at radius 2 is 2.20 bits per heavy atom. The first-order valence-corrected chi connectivity index (χ1v) is 6.91. The molecule has 0 aliphatic carbocycles. The molecule has 5 nitrogen and oxygen atoms in total. The van der Waals surface area contributed by atoms with E-state index in [2.05, 4.69) is 4.98 Å². The molecule has 1 fully saturated rings. The number of β-amino-alcohol motifs (C(OH)–C–C–N with tert-alkyl or cyclic N) is 1. The van der Waals surface area contributed by atoms with Gasteiger partial charge in [0.05, 0.1) is 12.6 Å². The second-order valence-electron chi connectivity index (χ2n) is 6.24. The van der Waals surface area contributed by atoms with Crippen LogP contribution in [0.25, 0.3) is 0 Å². The second kappa shape index (κ2) is 5.79. The van der Waals surface area contributed by atoms with E-state index < -0.39 is 11.7 Å². The highest BCUT2D eigenvalue weighted by Gasteiger charge is 2.36. The number of aliphatic hydroxyl groups is 1. The molecular weight excluding hydrogens is 256 g/mol. The van der Waals surface area contributed by atoms with Crippen molar-refractivity contribution >= 4 is 6.09 Å². The molecule has 1 aromatic rings. The Balaban J connectivity index is 1.94. The molecule has 2 rings (SSSR count). The lowest BCUT2D eigenvalue weighted by Gasteiger charge is -2.24. The highest BCUT2D eigenvalue weighted by Crippen LogP contribution is 2.22. The molecule has 5 heteroatoms. The van der Waals surface area contributed by atoms with Gasteiger partial charge in [0.2, 0.25) is 0 Å². The van der Waals surface area contributed by atoms with Crippen molar-refractivity contribution < 1.29 is 14.6 Å². The summed E-state index contributed by atoms with van der Waals surface area (Å²) in [4.78, 5) is 17.8. The van der Waals surface area contributed by atoms with Crippen molar-refractivity contribution in [3.05, 3.63) is 30.1 Å². The zero-order chi connectivity index (χ0) is 14.8. The number of hydrogen-bond acceptors (Lipinski definition) is 4. The SMILES string of the molecule is CC(C)(C)OC(=O)N1C[C@@H](Cc2ccccn2)[C@H](O)C1. The normalized spacial score (nSPS) is 22.9. The summed E-state index contributed by atoms with van der Waals surface area (Å²) in [6.45, 7) is 6.34. The van der Waals surface area contributed by atoms with Crippen LogP contribution in [0.2, 0.25) is 0 Å². The van der Waals surface area contributed by atoms with E-state index in [1.54, 1.807) is 11.1 Å². The molecule has 1 saturated heterocycles. The highest BCUT2D eigenvalue weighted by molar-refractivity contribution is 5.68. The van der Waals surface area contributed by atoms with E-state index in [1.807, 2.05) is 39.0 Å². The maximum Gasteiger partial charge on any atom is 0.410 e. The third kappa shape index (κ3) is 3.93. The van der Waals surface area contributed by atoms with E-state index in [0.29, 0.717) is 19.5 Å². The average molecular weight is 278 g/mol. The van der Waals surface area contributed by atoms with Gasteiger partial charge in [0, 0.05) is 24.4 Å². The predicted octanol–water partition coefficient (Wildman–Crippen LogP) is 1.85. The van der Waals surface area contributed by atoms with Crippen molar-refractivity contribution in [3.63, 3.8) is 0 Å². The van der Waals surface area contributed by atoms with Crippen molar-refractivity contribution in [1.82, 2.24) is 9.88 Å². The van der Waals surface area contributed by atoms with Crippen LogP contribution < -0.4 is 0 Å². The Labute approximate surface area is 119 Å². The molecule has 1 aliphatic heterocycles. The summed E-state index contributed by atoms with van der Waals surface area (Å²) in [6, 6.07) is 5.72. The fourth-order valence-electron chi connectivity index (χ4n) is 2.32. The molecule has 1 amide bonds. The minimum Gasteiger partial charge on any atom is -0.444 e. The molecule has 0 aromatic carbocycles. The number of likely N-dealkylation sites (tertiary alicyclic amines) is 1. The number of amides is 1. The van der Waals surface area contributed by atoms with Gasteiger partial charge in [-0.3, -0.25) is 4.98 Å². The number of carbonyl (C=O) groups excluding carboxylic acids is 1. The number of nitrogens with zero attached hydrogens (tertiary/aromatic N) is 2. The Morgan fingerprint density at radius 3 is 2.80 bits per heavy atom. The fraction of sp³-hybridized carbons (Fsp3) is 0.600. The lowest BCUT2D eigenvalue weighted by Crippen LogP contribution is -2.35. The van der Waals surface area contributed by atoms with Gasteiger partial charge in [-0.2, -0.15) is 0 Å². The number of ether oxygens (including phenoxy) is 1. The molecule has 0 spiro atoms. The summed E-state index contributed by atoms with van der Waals surface area (Å²) in [5.41, 5.74) is 0.420. The summed E-state index contributed by atoms with van der Waals surface area (Å²) >= 11 is 0. The molecule has 2 heterocycles. The van der Waals surface area contributed by atoms with E-state index in [0.717, 1.165) is 5.69 Å². The van der Waals surface area contributed by atoms with Crippen molar-refractivity contribution in [3.8, 4) is 0 Å². The third-order valence-electron chi connectivity index (χ3n) is 3.26. The minimum absolute atomic E-state index is 0.0115. The molecule has 2 atom stereocenters. The first-order chi connectivity index (χ1) is 9.35. The smallest absolute Gasteiger partial charge is 0.410 e. The summed E-state index contributed by atoms with van der Waals surface area (Å²) in [7, 11) is 0. The van der Waals surface area contributed by atoms with Crippen LogP contribution >= 0.6 is 0 Å². The Bertz CT molecular complexity index is 456. The zero-order valence-electron chi connectivity index (χ0n) is 12.2. The van der Waals surface area contributed by atoms with E-state index in [-0.39, 0.29) is 12.0 Å². The van der Waals surface area contributed by atoms with Gasteiger partial charge in [-0.25, -0.2) is 4.79 Å². The van der Waals surface area contributed by atoms with Crippen LogP contribution in [0.1, 0.15) is 26.5 Å². The predicted molar refractivity (Wildman–Crippen MR) is 75.2 cm³/mol. The number of aromatic nitrogens is 1. The summed E-state index contributed by atoms with van der Waals surface area (Å²) < 4.78 is 5.33. The van der Waals surface area contributed by atoms with Crippen LogP contribution in [0, 0.1) is 5.92 Å². The number of hydrogen-bond donors (Lipinski definition) is 1. The van der Waals surface area contributed by atoms with Gasteiger partial charge in [0.15, 0.2) is 0 Å². The first kappa shape index (κ1) is 14.8. The van der Waals surface area contributed by atoms with Gasteiger partial charge in [-0.15, -0.1) is 0 Å². The molecule has 0 saturated carbocycles. The van der Waals surface area contributed by atoms with Crippen LogP contribution in [-0.2, 0) is 11.2 Å². The first-order valence-electron chi connectivity index (χ1n) is 6.91.